The number of nitrogens with one attached hydrogen (secondary N) is 1. The molecule has 1 amide bonds. The van der Waals surface area contributed by atoms with Crippen molar-refractivity contribution < 1.29 is 9.53 Å². The first-order chi connectivity index (χ1) is 8.55. The molecule has 18 heavy (non-hydrogen) atoms. The van der Waals surface area contributed by atoms with E-state index in [0.717, 1.165) is 13.0 Å². The van der Waals surface area contributed by atoms with Gasteiger partial charge < -0.3 is 15.0 Å². The van der Waals surface area contributed by atoms with Crippen LogP contribution in [0.25, 0.3) is 0 Å². The molecule has 0 aromatic carbocycles. The first-order valence-electron chi connectivity index (χ1n) is 6.53. The number of ether oxygens (including phenoxy) is 1. The summed E-state index contributed by atoms with van der Waals surface area (Å²) in [6.45, 7) is 8.02. The second-order valence-corrected chi connectivity index (χ2v) is 5.24. The first kappa shape index (κ1) is 14.9. The largest absolute Gasteiger partial charge is 0.378 e. The molecule has 0 unspecified atom stereocenters. The van der Waals surface area contributed by atoms with Gasteiger partial charge in [-0.15, -0.1) is 0 Å². The highest BCUT2D eigenvalue weighted by Gasteiger charge is 2.17. The van der Waals surface area contributed by atoms with Crippen LogP contribution in [-0.4, -0.2) is 50.2 Å². The lowest BCUT2D eigenvalue weighted by Gasteiger charge is -2.27. The molecule has 0 bridgehead atoms. The summed E-state index contributed by atoms with van der Waals surface area (Å²) in [5.41, 5.74) is -0.290. The number of nitrogens with zero attached hydrogens (tertiary/aromatic N) is 2. The predicted molar refractivity (Wildman–Crippen MR) is 68.9 cm³/mol. The number of nitriles is 1. The van der Waals surface area contributed by atoms with E-state index in [-0.39, 0.29) is 11.3 Å². The lowest BCUT2D eigenvalue weighted by Crippen LogP contribution is -2.41. The molecule has 0 saturated carbocycles. The number of morpholine rings is 1. The molecule has 5 nitrogen and oxygen atoms in total. The van der Waals surface area contributed by atoms with Crippen LogP contribution in [0.1, 0.15) is 26.7 Å². The minimum atomic E-state index is -0.290. The smallest absolute Gasteiger partial charge is 0.224 e. The van der Waals surface area contributed by atoms with E-state index in [1.807, 2.05) is 18.7 Å². The number of carbonyl (C=O) groups excluding carboxylic acids is 1. The molecule has 1 heterocycles. The highest BCUT2D eigenvalue weighted by atomic mass is 16.5. The summed E-state index contributed by atoms with van der Waals surface area (Å²) in [5, 5.41) is 12.1. The van der Waals surface area contributed by atoms with E-state index >= 15 is 0 Å². The summed E-state index contributed by atoms with van der Waals surface area (Å²) in [4.78, 5) is 13.6. The SMILES string of the molecule is CC(C)(C#N)CCNCCC(=O)N1CCOCC1. The average molecular weight is 253 g/mol. The monoisotopic (exact) mass is 253 g/mol. The Morgan fingerprint density at radius 1 is 1.39 bits per heavy atom. The van der Waals surface area contributed by atoms with E-state index in [4.69, 9.17) is 10.00 Å². The zero-order chi connectivity index (χ0) is 13.4. The van der Waals surface area contributed by atoms with Crippen molar-refractivity contribution in [3.05, 3.63) is 0 Å². The molecule has 102 valence electrons. The molecule has 1 rings (SSSR count). The van der Waals surface area contributed by atoms with Gasteiger partial charge in [-0.2, -0.15) is 5.26 Å². The van der Waals surface area contributed by atoms with Crippen LogP contribution >= 0.6 is 0 Å². The van der Waals surface area contributed by atoms with Gasteiger partial charge in [0.05, 0.1) is 24.7 Å². The fourth-order valence-electron chi connectivity index (χ4n) is 1.75. The summed E-state index contributed by atoms with van der Waals surface area (Å²) < 4.78 is 5.20. The molecule has 1 saturated heterocycles. The van der Waals surface area contributed by atoms with E-state index in [1.165, 1.54) is 0 Å². The Bertz CT molecular complexity index is 304. The van der Waals surface area contributed by atoms with Gasteiger partial charge in [0.2, 0.25) is 5.91 Å². The summed E-state index contributed by atoms with van der Waals surface area (Å²) in [7, 11) is 0. The van der Waals surface area contributed by atoms with Crippen LogP contribution in [0, 0.1) is 16.7 Å². The quantitative estimate of drug-likeness (QED) is 0.710. The van der Waals surface area contributed by atoms with E-state index in [2.05, 4.69) is 11.4 Å². The highest BCUT2D eigenvalue weighted by Crippen LogP contribution is 2.16. The molecule has 5 heteroatoms. The molecule has 0 aromatic heterocycles. The summed E-state index contributed by atoms with van der Waals surface area (Å²) in [6.07, 6.45) is 1.32. The molecule has 0 aliphatic carbocycles. The molecule has 1 N–H and O–H groups in total. The molecule has 1 fully saturated rings. The van der Waals surface area contributed by atoms with E-state index in [1.54, 1.807) is 0 Å². The molecule has 0 spiro atoms. The van der Waals surface area contributed by atoms with E-state index in [0.29, 0.717) is 39.3 Å². The molecular formula is C13H23N3O2. The fourth-order valence-corrected chi connectivity index (χ4v) is 1.75. The second kappa shape index (κ2) is 7.34. The Hall–Kier alpha value is -1.12. The van der Waals surface area contributed by atoms with Gasteiger partial charge in [-0.25, -0.2) is 0 Å². The Balaban J connectivity index is 2.07. The Morgan fingerprint density at radius 2 is 2.06 bits per heavy atom. The van der Waals surface area contributed by atoms with Gasteiger partial charge in [0.15, 0.2) is 0 Å². The van der Waals surface area contributed by atoms with Crippen LogP contribution in [0.3, 0.4) is 0 Å². The maximum absolute atomic E-state index is 11.8. The molecule has 0 radical (unpaired) electrons. The third-order valence-corrected chi connectivity index (χ3v) is 3.11. The van der Waals surface area contributed by atoms with Gasteiger partial charge in [0.1, 0.15) is 0 Å². The molecule has 0 aromatic rings. The van der Waals surface area contributed by atoms with Crippen LogP contribution < -0.4 is 5.32 Å². The van der Waals surface area contributed by atoms with Crippen LogP contribution in [0.2, 0.25) is 0 Å². The number of rotatable bonds is 6. The summed E-state index contributed by atoms with van der Waals surface area (Å²) in [5.74, 6) is 0.186. The lowest BCUT2D eigenvalue weighted by molar-refractivity contribution is -0.135. The van der Waals surface area contributed by atoms with E-state index < -0.39 is 0 Å². The van der Waals surface area contributed by atoms with Crippen molar-refractivity contribution in [1.29, 1.82) is 5.26 Å². The zero-order valence-corrected chi connectivity index (χ0v) is 11.4. The fraction of sp³-hybridized carbons (Fsp3) is 0.846. The standard InChI is InChI=1S/C13H23N3O2/c1-13(2,11-14)4-6-15-5-3-12(17)16-7-9-18-10-8-16/h15H,3-10H2,1-2H3. The van der Waals surface area contributed by atoms with Gasteiger partial charge in [-0.05, 0) is 26.8 Å². The third kappa shape index (κ3) is 5.48. The van der Waals surface area contributed by atoms with Gasteiger partial charge in [0, 0.05) is 26.1 Å². The maximum atomic E-state index is 11.8. The van der Waals surface area contributed by atoms with Crippen molar-refractivity contribution in [1.82, 2.24) is 10.2 Å². The Kier molecular flexibility index (Phi) is 6.10. The van der Waals surface area contributed by atoms with Crippen molar-refractivity contribution in [2.45, 2.75) is 26.7 Å². The maximum Gasteiger partial charge on any atom is 0.224 e. The number of carbonyl (C=O) groups is 1. The number of hydrogen-bond donors (Lipinski definition) is 1. The molecule has 1 aliphatic rings. The molecule has 0 atom stereocenters. The normalized spacial score (nSPS) is 16.4. The first-order valence-corrected chi connectivity index (χ1v) is 6.53. The van der Waals surface area contributed by atoms with Gasteiger partial charge in [0.25, 0.3) is 0 Å². The van der Waals surface area contributed by atoms with Crippen LogP contribution in [0.15, 0.2) is 0 Å². The summed E-state index contributed by atoms with van der Waals surface area (Å²) in [6, 6.07) is 2.26. The van der Waals surface area contributed by atoms with Crippen molar-refractivity contribution in [2.75, 3.05) is 39.4 Å². The Morgan fingerprint density at radius 3 is 2.67 bits per heavy atom. The highest BCUT2D eigenvalue weighted by molar-refractivity contribution is 5.76. The van der Waals surface area contributed by atoms with Gasteiger partial charge in [-0.3, -0.25) is 4.79 Å². The predicted octanol–water partition coefficient (Wildman–Crippen LogP) is 0.765. The number of hydrogen-bond acceptors (Lipinski definition) is 4. The molecular weight excluding hydrogens is 230 g/mol. The third-order valence-electron chi connectivity index (χ3n) is 3.11. The van der Waals surface area contributed by atoms with Crippen molar-refractivity contribution >= 4 is 5.91 Å². The topological polar surface area (TPSA) is 65.4 Å². The average Bonchev–Trinajstić information content (AvgIpc) is 2.39. The van der Waals surface area contributed by atoms with Crippen molar-refractivity contribution in [3.8, 4) is 6.07 Å². The van der Waals surface area contributed by atoms with Gasteiger partial charge in [-0.1, -0.05) is 0 Å². The minimum absolute atomic E-state index is 0.186. The van der Waals surface area contributed by atoms with Crippen LogP contribution in [0.5, 0.6) is 0 Å². The van der Waals surface area contributed by atoms with E-state index in [9.17, 15) is 4.79 Å². The lowest BCUT2D eigenvalue weighted by atomic mass is 9.91. The summed E-state index contributed by atoms with van der Waals surface area (Å²) >= 11 is 0. The van der Waals surface area contributed by atoms with Crippen molar-refractivity contribution in [2.24, 2.45) is 5.41 Å². The number of amides is 1. The second-order valence-electron chi connectivity index (χ2n) is 5.24. The minimum Gasteiger partial charge on any atom is -0.378 e. The molecule has 1 aliphatic heterocycles. The Labute approximate surface area is 109 Å². The van der Waals surface area contributed by atoms with Crippen molar-refractivity contribution in [3.63, 3.8) is 0 Å². The zero-order valence-electron chi connectivity index (χ0n) is 11.4. The van der Waals surface area contributed by atoms with Gasteiger partial charge >= 0.3 is 0 Å². The van der Waals surface area contributed by atoms with Crippen LogP contribution in [0.4, 0.5) is 0 Å². The van der Waals surface area contributed by atoms with Crippen LogP contribution in [-0.2, 0) is 9.53 Å².